The molecule has 1 aliphatic carbocycles. The van der Waals surface area contributed by atoms with Crippen LogP contribution in [-0.4, -0.2) is 67.9 Å². The van der Waals surface area contributed by atoms with Crippen LogP contribution in [-0.2, 0) is 33.2 Å². The van der Waals surface area contributed by atoms with Crippen LogP contribution in [0, 0.1) is 5.82 Å². The van der Waals surface area contributed by atoms with Gasteiger partial charge in [0.1, 0.15) is 11.6 Å². The van der Waals surface area contributed by atoms with E-state index in [0.29, 0.717) is 50.3 Å². The van der Waals surface area contributed by atoms with Gasteiger partial charge in [0.25, 0.3) is 0 Å². The van der Waals surface area contributed by atoms with Gasteiger partial charge in [-0.1, -0.05) is 38.1 Å². The number of amides is 1. The molecule has 3 N–H and O–H groups in total. The normalized spacial score (nSPS) is 22.3. The number of aliphatic hydroxyl groups is 1. The van der Waals surface area contributed by atoms with Gasteiger partial charge in [0.15, 0.2) is 0 Å². The molecular weight excluding hydrogens is 545 g/mol. The van der Waals surface area contributed by atoms with Gasteiger partial charge in [-0.15, -0.1) is 0 Å². The number of aliphatic hydroxyl groups excluding tert-OH is 1. The zero-order chi connectivity index (χ0) is 29.5. The Labute approximate surface area is 243 Å². The van der Waals surface area contributed by atoms with Gasteiger partial charge in [0.2, 0.25) is 15.9 Å². The molecule has 0 radical (unpaired) electrons. The van der Waals surface area contributed by atoms with Crippen molar-refractivity contribution >= 4 is 15.9 Å². The molecule has 1 heterocycles. The molecule has 1 fully saturated rings. The smallest absolute Gasteiger partial charge is 0.221 e. The first-order valence-corrected chi connectivity index (χ1v) is 16.5. The summed E-state index contributed by atoms with van der Waals surface area (Å²) in [6, 6.07) is 12.1. The molecule has 8 nitrogen and oxygen atoms in total. The van der Waals surface area contributed by atoms with Gasteiger partial charge >= 0.3 is 0 Å². The van der Waals surface area contributed by atoms with Crippen LogP contribution in [0.4, 0.5) is 4.39 Å². The zero-order valence-corrected chi connectivity index (χ0v) is 25.0. The molecular formula is C31H44FN3O5S. The molecule has 4 rings (SSSR count). The number of halogens is 1. The minimum atomic E-state index is -3.63. The summed E-state index contributed by atoms with van der Waals surface area (Å²) in [5, 5.41) is 17.7. The Bertz CT molecular complexity index is 1280. The van der Waals surface area contributed by atoms with Gasteiger partial charge in [0, 0.05) is 37.7 Å². The van der Waals surface area contributed by atoms with E-state index in [1.165, 1.54) is 27.6 Å². The Hall–Kier alpha value is -2.53. The van der Waals surface area contributed by atoms with Gasteiger partial charge < -0.3 is 20.5 Å². The van der Waals surface area contributed by atoms with Crippen molar-refractivity contribution in [1.82, 2.24) is 14.9 Å². The van der Waals surface area contributed by atoms with Gasteiger partial charge in [0.05, 0.1) is 24.5 Å². The lowest BCUT2D eigenvalue weighted by molar-refractivity contribution is -0.122. The predicted molar refractivity (Wildman–Crippen MR) is 158 cm³/mol. The topological polar surface area (TPSA) is 108 Å². The number of aryl methyl sites for hydroxylation is 1. The summed E-state index contributed by atoms with van der Waals surface area (Å²) in [5.41, 5.74) is 2.79. The van der Waals surface area contributed by atoms with Gasteiger partial charge in [-0.2, -0.15) is 0 Å². The van der Waals surface area contributed by atoms with Crippen LogP contribution in [0.2, 0.25) is 0 Å². The third-order valence-corrected chi connectivity index (χ3v) is 9.88. The molecule has 0 aromatic heterocycles. The second-order valence-electron chi connectivity index (χ2n) is 11.3. The zero-order valence-electron chi connectivity index (χ0n) is 24.2. The van der Waals surface area contributed by atoms with Crippen LogP contribution in [0.3, 0.4) is 0 Å². The van der Waals surface area contributed by atoms with E-state index in [9.17, 15) is 22.7 Å². The van der Waals surface area contributed by atoms with Crippen LogP contribution >= 0.6 is 0 Å². The number of carbonyl (C=O) groups is 1. The van der Waals surface area contributed by atoms with Crippen LogP contribution in [0.1, 0.15) is 69.1 Å². The summed E-state index contributed by atoms with van der Waals surface area (Å²) >= 11 is 0. The molecule has 1 saturated carbocycles. The summed E-state index contributed by atoms with van der Waals surface area (Å²) in [6.07, 6.45) is 3.65. The number of ether oxygens (including phenoxy) is 1. The van der Waals surface area contributed by atoms with Crippen molar-refractivity contribution in [2.45, 2.75) is 82.9 Å². The molecule has 1 aliphatic heterocycles. The molecule has 1 amide bonds. The number of rotatable bonds is 8. The van der Waals surface area contributed by atoms with Crippen molar-refractivity contribution < 1.29 is 27.4 Å². The Morgan fingerprint density at radius 1 is 1.20 bits per heavy atom. The first-order valence-electron chi connectivity index (χ1n) is 14.9. The highest BCUT2D eigenvalue weighted by Crippen LogP contribution is 2.45. The first kappa shape index (κ1) is 31.4. The lowest BCUT2D eigenvalue weighted by Crippen LogP contribution is -2.50. The fraction of sp³-hybridized carbons (Fsp3) is 0.581. The summed E-state index contributed by atoms with van der Waals surface area (Å²) in [7, 11) is -3.63. The SMILES string of the molecule is CCCN1CCCCOc2cc(F)cc(c2)CC(C(O)CNC2(c3cccc(CC)c3)CC2)NC(=O)CCS1(=O)=O. The van der Waals surface area contributed by atoms with E-state index in [0.717, 1.165) is 19.3 Å². The molecule has 2 atom stereocenters. The number of carbonyl (C=O) groups excluding carboxylic acids is 1. The Morgan fingerprint density at radius 3 is 2.73 bits per heavy atom. The van der Waals surface area contributed by atoms with Crippen LogP contribution in [0.25, 0.3) is 0 Å². The highest BCUT2D eigenvalue weighted by atomic mass is 32.2. The van der Waals surface area contributed by atoms with E-state index < -0.39 is 33.9 Å². The fourth-order valence-electron chi connectivity index (χ4n) is 5.43. The molecule has 2 aliphatic rings. The summed E-state index contributed by atoms with van der Waals surface area (Å²) in [4.78, 5) is 13.0. The van der Waals surface area contributed by atoms with Gasteiger partial charge in [-0.25, -0.2) is 17.1 Å². The lowest BCUT2D eigenvalue weighted by atomic mass is 9.98. The number of hydrogen-bond donors (Lipinski definition) is 3. The van der Waals surface area contributed by atoms with E-state index >= 15 is 0 Å². The first-order chi connectivity index (χ1) is 19.6. The number of hydrogen-bond acceptors (Lipinski definition) is 6. The molecule has 226 valence electrons. The van der Waals surface area contributed by atoms with Crippen molar-refractivity contribution in [2.24, 2.45) is 0 Å². The van der Waals surface area contributed by atoms with E-state index in [1.54, 1.807) is 6.07 Å². The highest BCUT2D eigenvalue weighted by molar-refractivity contribution is 7.89. The molecule has 0 spiro atoms. The van der Waals surface area contributed by atoms with E-state index in [2.05, 4.69) is 35.8 Å². The second kappa shape index (κ2) is 14.1. The minimum Gasteiger partial charge on any atom is -0.493 e. The maximum atomic E-state index is 14.5. The van der Waals surface area contributed by atoms with Gasteiger partial charge in [-0.3, -0.25) is 4.79 Å². The third-order valence-electron chi connectivity index (χ3n) is 8.01. The molecule has 2 aromatic carbocycles. The Kier molecular flexibility index (Phi) is 10.8. The Morgan fingerprint density at radius 2 is 2.00 bits per heavy atom. The lowest BCUT2D eigenvalue weighted by Gasteiger charge is -2.28. The fourth-order valence-corrected chi connectivity index (χ4v) is 7.00. The van der Waals surface area contributed by atoms with Crippen LogP contribution < -0.4 is 15.4 Å². The number of nitrogens with zero attached hydrogens (tertiary/aromatic N) is 1. The average molecular weight is 590 g/mol. The average Bonchev–Trinajstić information content (AvgIpc) is 3.74. The molecule has 0 saturated heterocycles. The summed E-state index contributed by atoms with van der Waals surface area (Å²) < 4.78 is 47.8. The maximum absolute atomic E-state index is 14.5. The molecule has 2 unspecified atom stereocenters. The van der Waals surface area contributed by atoms with Gasteiger partial charge in [-0.05, 0) is 73.8 Å². The molecule has 10 heteroatoms. The van der Waals surface area contributed by atoms with Crippen molar-refractivity contribution in [1.29, 1.82) is 0 Å². The van der Waals surface area contributed by atoms with E-state index in [1.807, 2.05) is 13.0 Å². The predicted octanol–water partition coefficient (Wildman–Crippen LogP) is 3.66. The number of benzene rings is 2. The van der Waals surface area contributed by atoms with Crippen LogP contribution in [0.5, 0.6) is 5.75 Å². The minimum absolute atomic E-state index is 0.162. The third kappa shape index (κ3) is 8.73. The van der Waals surface area contributed by atoms with E-state index in [4.69, 9.17) is 4.74 Å². The second-order valence-corrected chi connectivity index (χ2v) is 13.4. The van der Waals surface area contributed by atoms with Crippen molar-refractivity contribution in [3.05, 3.63) is 65.0 Å². The van der Waals surface area contributed by atoms with Crippen molar-refractivity contribution in [3.63, 3.8) is 0 Å². The van der Waals surface area contributed by atoms with Crippen molar-refractivity contribution in [3.8, 4) is 5.75 Å². The summed E-state index contributed by atoms with van der Waals surface area (Å²) in [6.45, 7) is 5.29. The molecule has 41 heavy (non-hydrogen) atoms. The maximum Gasteiger partial charge on any atom is 0.221 e. The molecule has 2 aromatic rings. The molecule has 2 bridgehead atoms. The highest BCUT2D eigenvalue weighted by Gasteiger charge is 2.44. The summed E-state index contributed by atoms with van der Waals surface area (Å²) in [5.74, 6) is -0.858. The number of nitrogens with one attached hydrogen (secondary N) is 2. The quantitative estimate of drug-likeness (QED) is 0.434. The number of sulfonamides is 1. The number of fused-ring (bicyclic) bond motifs is 2. The largest absolute Gasteiger partial charge is 0.493 e. The standard InChI is InChI=1S/C31H44FN3O5S/c1-3-13-35-14-5-6-15-40-27-19-24(18-26(32)21-27)20-28(34-30(37)10-16-41(35,38)39)29(36)22-33-31(11-12-31)25-9-7-8-23(4-2)17-25/h7-9,17-19,21,28-29,33,36H,3-6,10-16,20,22H2,1-2H3,(H,34,37). The monoisotopic (exact) mass is 589 g/mol. The Balaban J connectivity index is 1.52. The van der Waals surface area contributed by atoms with Crippen LogP contribution in [0.15, 0.2) is 42.5 Å². The van der Waals surface area contributed by atoms with Crippen molar-refractivity contribution in [2.75, 3.05) is 32.0 Å². The van der Waals surface area contributed by atoms with E-state index in [-0.39, 0.29) is 30.7 Å².